The molecular formula is C16H12FIN2OS. The highest BCUT2D eigenvalue weighted by Gasteiger charge is 2.12. The molecule has 0 fully saturated rings. The number of halogens is 2. The van der Waals surface area contributed by atoms with Crippen molar-refractivity contribution in [3.05, 3.63) is 67.1 Å². The zero-order valence-electron chi connectivity index (χ0n) is 11.6. The normalized spacial score (nSPS) is 10.7. The predicted octanol–water partition coefficient (Wildman–Crippen LogP) is 4.90. The van der Waals surface area contributed by atoms with Crippen LogP contribution in [-0.2, 0) is 0 Å². The Morgan fingerprint density at radius 1 is 1.14 bits per heavy atom. The zero-order chi connectivity index (χ0) is 15.7. The van der Waals surface area contributed by atoms with Gasteiger partial charge in [0, 0.05) is 25.9 Å². The largest absolute Gasteiger partial charge is 0.355 e. The van der Waals surface area contributed by atoms with E-state index in [2.05, 4.69) is 32.3 Å². The van der Waals surface area contributed by atoms with Crippen LogP contribution in [0.15, 0.2) is 46.6 Å². The van der Waals surface area contributed by atoms with Crippen LogP contribution >= 0.6 is 34.1 Å². The van der Waals surface area contributed by atoms with Gasteiger partial charge < -0.3 is 5.32 Å². The number of hydrogen-bond acceptors (Lipinski definition) is 3. The molecule has 0 saturated carbocycles. The molecule has 2 N–H and O–H groups in total. The van der Waals surface area contributed by atoms with E-state index in [1.165, 1.54) is 23.7 Å². The second-order valence-electron chi connectivity index (χ2n) is 4.85. The maximum atomic E-state index is 13.6. The third-order valence-electron chi connectivity index (χ3n) is 3.30. The fourth-order valence-electron chi connectivity index (χ4n) is 2.20. The van der Waals surface area contributed by atoms with Crippen molar-refractivity contribution in [1.82, 2.24) is 4.37 Å². The first-order valence-electron chi connectivity index (χ1n) is 6.54. The Bertz CT molecular complexity index is 888. The minimum atomic E-state index is -0.346. The van der Waals surface area contributed by atoms with Gasteiger partial charge in [-0.1, -0.05) is 11.5 Å². The van der Waals surface area contributed by atoms with Crippen molar-refractivity contribution in [3.8, 4) is 11.1 Å². The molecule has 0 spiro atoms. The van der Waals surface area contributed by atoms with E-state index >= 15 is 0 Å². The van der Waals surface area contributed by atoms with Crippen LogP contribution in [0.5, 0.6) is 0 Å². The lowest BCUT2D eigenvalue weighted by molar-refractivity contribution is 0.628. The van der Waals surface area contributed by atoms with E-state index in [-0.39, 0.29) is 11.4 Å². The molecule has 0 aliphatic carbocycles. The van der Waals surface area contributed by atoms with E-state index in [0.717, 1.165) is 14.8 Å². The van der Waals surface area contributed by atoms with E-state index in [1.807, 2.05) is 25.1 Å². The van der Waals surface area contributed by atoms with E-state index < -0.39 is 0 Å². The smallest absolute Gasteiger partial charge is 0.265 e. The Balaban J connectivity index is 2.08. The first-order valence-corrected chi connectivity index (χ1v) is 8.50. The minimum absolute atomic E-state index is 0.168. The summed E-state index contributed by atoms with van der Waals surface area (Å²) < 4.78 is 17.4. The molecule has 3 nitrogen and oxygen atoms in total. The lowest BCUT2D eigenvalue weighted by Crippen LogP contribution is -2.03. The quantitative estimate of drug-likeness (QED) is 0.586. The molecular weight excluding hydrogens is 414 g/mol. The molecule has 3 aromatic rings. The van der Waals surface area contributed by atoms with Crippen LogP contribution in [0.25, 0.3) is 11.1 Å². The van der Waals surface area contributed by atoms with Crippen LogP contribution in [0.1, 0.15) is 5.56 Å². The minimum Gasteiger partial charge on any atom is -0.355 e. The average Bonchev–Trinajstić information content (AvgIpc) is 2.88. The molecule has 0 aliphatic rings. The summed E-state index contributed by atoms with van der Waals surface area (Å²) in [6.45, 7) is 1.99. The lowest BCUT2D eigenvalue weighted by atomic mass is 10.1. The first kappa shape index (κ1) is 15.2. The van der Waals surface area contributed by atoms with Gasteiger partial charge in [-0.15, -0.1) is 0 Å². The third-order valence-corrected chi connectivity index (χ3v) is 4.63. The van der Waals surface area contributed by atoms with Crippen LogP contribution in [0.4, 0.5) is 15.8 Å². The number of aryl methyl sites for hydroxylation is 1. The molecule has 1 heterocycles. The van der Waals surface area contributed by atoms with Crippen molar-refractivity contribution in [3.63, 3.8) is 0 Å². The Kier molecular flexibility index (Phi) is 4.30. The van der Waals surface area contributed by atoms with Crippen molar-refractivity contribution in [1.29, 1.82) is 0 Å². The molecule has 0 aliphatic heterocycles. The number of aromatic nitrogens is 1. The summed E-state index contributed by atoms with van der Waals surface area (Å²) in [5.74, 6) is -0.346. The molecule has 0 saturated heterocycles. The highest BCUT2D eigenvalue weighted by Crippen LogP contribution is 2.31. The van der Waals surface area contributed by atoms with Gasteiger partial charge in [0.05, 0.1) is 5.56 Å². The first-order chi connectivity index (χ1) is 10.5. The molecule has 2 aromatic carbocycles. The fraction of sp³-hybridized carbons (Fsp3) is 0.0625. The lowest BCUT2D eigenvalue weighted by Gasteiger charge is -2.13. The van der Waals surface area contributed by atoms with E-state index in [1.54, 1.807) is 11.4 Å². The van der Waals surface area contributed by atoms with E-state index in [0.29, 0.717) is 16.8 Å². The van der Waals surface area contributed by atoms with Crippen molar-refractivity contribution in [2.24, 2.45) is 0 Å². The predicted molar refractivity (Wildman–Crippen MR) is 97.5 cm³/mol. The topological polar surface area (TPSA) is 44.9 Å². The van der Waals surface area contributed by atoms with Crippen LogP contribution < -0.4 is 10.9 Å². The highest BCUT2D eigenvalue weighted by atomic mass is 127. The van der Waals surface area contributed by atoms with Gasteiger partial charge in [0.2, 0.25) is 0 Å². The third kappa shape index (κ3) is 3.07. The number of anilines is 2. The van der Waals surface area contributed by atoms with Gasteiger partial charge in [0.1, 0.15) is 5.82 Å². The highest BCUT2D eigenvalue weighted by molar-refractivity contribution is 14.1. The summed E-state index contributed by atoms with van der Waals surface area (Å²) in [7, 11) is 0. The zero-order valence-corrected chi connectivity index (χ0v) is 14.6. The van der Waals surface area contributed by atoms with Gasteiger partial charge in [-0.25, -0.2) is 4.39 Å². The molecule has 0 unspecified atom stereocenters. The molecule has 1 aromatic heterocycles. The number of nitrogens with one attached hydrogen (secondary N) is 2. The number of H-pyrrole nitrogens is 1. The summed E-state index contributed by atoms with van der Waals surface area (Å²) in [5, 5.41) is 4.97. The molecule has 22 heavy (non-hydrogen) atoms. The molecule has 0 atom stereocenters. The maximum absolute atomic E-state index is 13.6. The Morgan fingerprint density at radius 2 is 1.95 bits per heavy atom. The summed E-state index contributed by atoms with van der Waals surface area (Å²) in [5.41, 5.74) is 3.57. The van der Waals surface area contributed by atoms with Crippen LogP contribution in [-0.4, -0.2) is 4.37 Å². The molecule has 6 heteroatoms. The summed E-state index contributed by atoms with van der Waals surface area (Å²) in [4.78, 5) is 11.9. The second-order valence-corrected chi connectivity index (χ2v) is 6.78. The van der Waals surface area contributed by atoms with Crippen LogP contribution in [0.3, 0.4) is 0 Å². The van der Waals surface area contributed by atoms with Gasteiger partial charge in [0.25, 0.3) is 5.56 Å². The molecule has 3 rings (SSSR count). The second kappa shape index (κ2) is 6.21. The standard InChI is InChI=1S/C16H12FIN2OS/c1-9-6-11(18)3-5-14(9)19-15-7-10(17)2-4-12(15)13-8-22-20-16(13)21/h2-8,19H,1H3,(H,20,21). The SMILES string of the molecule is Cc1cc(I)ccc1Nc1cc(F)ccc1-c1cs[nH]c1=O. The van der Waals surface area contributed by atoms with Gasteiger partial charge in [-0.2, -0.15) is 0 Å². The number of aromatic amines is 1. The Morgan fingerprint density at radius 3 is 2.64 bits per heavy atom. The number of hydrogen-bond donors (Lipinski definition) is 2. The van der Waals surface area contributed by atoms with Gasteiger partial charge in [-0.3, -0.25) is 9.17 Å². The van der Waals surface area contributed by atoms with E-state index in [4.69, 9.17) is 0 Å². The van der Waals surface area contributed by atoms with Crippen molar-refractivity contribution < 1.29 is 4.39 Å². The van der Waals surface area contributed by atoms with Crippen LogP contribution in [0.2, 0.25) is 0 Å². The maximum Gasteiger partial charge on any atom is 0.265 e. The van der Waals surface area contributed by atoms with Crippen LogP contribution in [0, 0.1) is 16.3 Å². The van der Waals surface area contributed by atoms with Gasteiger partial charge in [0.15, 0.2) is 0 Å². The molecule has 0 radical (unpaired) electrons. The van der Waals surface area contributed by atoms with Gasteiger partial charge >= 0.3 is 0 Å². The van der Waals surface area contributed by atoms with Crippen molar-refractivity contribution >= 4 is 45.5 Å². The average molecular weight is 426 g/mol. The fourth-order valence-corrected chi connectivity index (χ4v) is 3.48. The Labute approximate surface area is 144 Å². The van der Waals surface area contributed by atoms with Crippen molar-refractivity contribution in [2.45, 2.75) is 6.92 Å². The summed E-state index contributed by atoms with van der Waals surface area (Å²) in [6, 6.07) is 10.4. The van der Waals surface area contributed by atoms with Crippen molar-refractivity contribution in [2.75, 3.05) is 5.32 Å². The number of benzene rings is 2. The summed E-state index contributed by atoms with van der Waals surface area (Å²) in [6.07, 6.45) is 0. The molecule has 0 bridgehead atoms. The van der Waals surface area contributed by atoms with Gasteiger partial charge in [-0.05, 0) is 71.5 Å². The monoisotopic (exact) mass is 426 g/mol. The van der Waals surface area contributed by atoms with E-state index in [9.17, 15) is 9.18 Å². The summed E-state index contributed by atoms with van der Waals surface area (Å²) >= 11 is 3.47. The Hall–Kier alpha value is -1.67. The molecule has 0 amide bonds. The molecule has 112 valence electrons. The number of rotatable bonds is 3.